The zero-order valence-electron chi connectivity index (χ0n) is 19.6. The highest BCUT2D eigenvalue weighted by atomic mass is 19.4. The summed E-state index contributed by atoms with van der Waals surface area (Å²) < 4.78 is 55.7. The van der Waals surface area contributed by atoms with Crippen LogP contribution < -0.4 is 10.5 Å². The van der Waals surface area contributed by atoms with E-state index in [0.29, 0.717) is 5.39 Å². The van der Waals surface area contributed by atoms with E-state index in [1.807, 2.05) is 0 Å². The molecule has 1 aliphatic heterocycles. The first-order valence-electron chi connectivity index (χ1n) is 11.1. The normalized spacial score (nSPS) is 16.4. The third-order valence-corrected chi connectivity index (χ3v) is 5.68. The van der Waals surface area contributed by atoms with E-state index in [1.165, 1.54) is 54.3 Å². The van der Waals surface area contributed by atoms with Crippen LogP contribution in [-0.2, 0) is 30.0 Å². The zero-order chi connectivity index (χ0) is 26.9. The number of H-pyrrole nitrogens is 1. The van der Waals surface area contributed by atoms with Crippen molar-refractivity contribution in [2.45, 2.75) is 32.2 Å². The van der Waals surface area contributed by atoms with Crippen LogP contribution in [0, 0.1) is 0 Å². The molecule has 0 spiro atoms. The molecule has 1 aromatic heterocycles. The van der Waals surface area contributed by atoms with E-state index in [2.05, 4.69) is 4.98 Å². The molecule has 1 amide bonds. The minimum atomic E-state index is -4.61. The molecule has 12 heteroatoms. The summed E-state index contributed by atoms with van der Waals surface area (Å²) in [4.78, 5) is 51.7. The van der Waals surface area contributed by atoms with Crippen LogP contribution in [0.25, 0.3) is 22.0 Å². The number of hydrogen-bond acceptors (Lipinski definition) is 7. The number of amides is 1. The lowest BCUT2D eigenvalue weighted by atomic mass is 10.0. The minimum Gasteiger partial charge on any atom is -0.462 e. The summed E-state index contributed by atoms with van der Waals surface area (Å²) in [5.74, 6) is -1.27. The molecule has 4 rings (SSSR count). The predicted molar refractivity (Wildman–Crippen MR) is 125 cm³/mol. The van der Waals surface area contributed by atoms with Gasteiger partial charge in [-0.15, -0.1) is 0 Å². The van der Waals surface area contributed by atoms with Gasteiger partial charge >= 0.3 is 24.2 Å². The number of fused-ring (bicyclic) bond motifs is 1. The van der Waals surface area contributed by atoms with Crippen LogP contribution in [0.2, 0.25) is 0 Å². The topological polar surface area (TPSA) is 115 Å². The van der Waals surface area contributed by atoms with Crippen molar-refractivity contribution in [3.8, 4) is 11.3 Å². The van der Waals surface area contributed by atoms with Crippen LogP contribution >= 0.6 is 0 Å². The lowest BCUT2D eigenvalue weighted by molar-refractivity contribution is -0.161. The Morgan fingerprint density at radius 3 is 2.51 bits per heavy atom. The van der Waals surface area contributed by atoms with Gasteiger partial charge < -0.3 is 19.2 Å². The van der Waals surface area contributed by atoms with E-state index in [0.717, 1.165) is 13.0 Å². The average Bonchev–Trinajstić information content (AvgIpc) is 3.22. The van der Waals surface area contributed by atoms with Crippen molar-refractivity contribution in [3.05, 3.63) is 64.4 Å². The third-order valence-electron chi connectivity index (χ3n) is 5.68. The number of carbonyl (C=O) groups is 3. The Hall–Kier alpha value is -4.35. The summed E-state index contributed by atoms with van der Waals surface area (Å²) in [7, 11) is 0. The number of hydrogen-bond donors (Lipinski definition) is 1. The number of benzene rings is 2. The Morgan fingerprint density at radius 2 is 1.84 bits per heavy atom. The number of ether oxygens (including phenoxy) is 3. The second-order valence-electron chi connectivity index (χ2n) is 8.31. The summed E-state index contributed by atoms with van der Waals surface area (Å²) in [6, 6.07) is 10.7. The second-order valence-corrected chi connectivity index (χ2v) is 8.31. The molecule has 194 valence electrons. The highest BCUT2D eigenvalue weighted by Gasteiger charge is 2.40. The molecule has 1 saturated heterocycles. The first-order valence-corrected chi connectivity index (χ1v) is 11.1. The van der Waals surface area contributed by atoms with Gasteiger partial charge in [0.25, 0.3) is 5.56 Å². The van der Waals surface area contributed by atoms with Crippen LogP contribution in [-0.4, -0.2) is 48.4 Å². The molecular formula is C25H21F3N2O7. The molecule has 0 saturated carbocycles. The van der Waals surface area contributed by atoms with Crippen LogP contribution in [0.15, 0.2) is 53.3 Å². The summed E-state index contributed by atoms with van der Waals surface area (Å²) in [5, 5.41) is 0.495. The molecule has 1 fully saturated rings. The van der Waals surface area contributed by atoms with E-state index >= 15 is 0 Å². The van der Waals surface area contributed by atoms with E-state index in [9.17, 15) is 32.3 Å². The average molecular weight is 518 g/mol. The number of aromatic nitrogens is 1. The molecule has 0 radical (unpaired) electrons. The zero-order valence-corrected chi connectivity index (χ0v) is 19.6. The lowest BCUT2D eigenvalue weighted by Gasteiger charge is -2.21. The van der Waals surface area contributed by atoms with Gasteiger partial charge in [-0.1, -0.05) is 24.3 Å². The molecule has 2 aromatic carbocycles. The molecule has 3 aromatic rings. The van der Waals surface area contributed by atoms with Crippen molar-refractivity contribution in [2.24, 2.45) is 0 Å². The molecule has 0 bridgehead atoms. The number of halogens is 3. The van der Waals surface area contributed by atoms with Gasteiger partial charge in [0.1, 0.15) is 6.61 Å². The van der Waals surface area contributed by atoms with Gasteiger partial charge in [0.15, 0.2) is 12.2 Å². The minimum absolute atomic E-state index is 0.00600. The number of alkyl halides is 3. The van der Waals surface area contributed by atoms with Gasteiger partial charge in [0, 0.05) is 36.2 Å². The molecule has 1 aliphatic rings. The summed E-state index contributed by atoms with van der Waals surface area (Å²) in [6.45, 7) is 1.95. The number of rotatable bonds is 6. The van der Waals surface area contributed by atoms with Crippen LogP contribution in [0.3, 0.4) is 0 Å². The van der Waals surface area contributed by atoms with E-state index in [-0.39, 0.29) is 35.5 Å². The number of aromatic amines is 1. The van der Waals surface area contributed by atoms with Gasteiger partial charge in [-0.2, -0.15) is 13.2 Å². The highest BCUT2D eigenvalue weighted by Crippen LogP contribution is 2.37. The fraction of sp³-hybridized carbons (Fsp3) is 0.280. The lowest BCUT2D eigenvalue weighted by Crippen LogP contribution is -2.38. The smallest absolute Gasteiger partial charge is 0.417 e. The molecule has 9 nitrogen and oxygen atoms in total. The standard InChI is InChI=1S/C25H21F3N2O7/c1-13(31)35-12-22(36-14(2)32)21-11-30(24(34)37-21)16-8-7-15-9-20(29-23(33)18(15)10-16)17-5-3-4-6-19(17)25(26,27)28/h3-10,21-22H,11-12H2,1-2H3,(H,29,33). The summed E-state index contributed by atoms with van der Waals surface area (Å²) in [5.41, 5.74) is -1.43. The Labute approximate surface area is 207 Å². The largest absolute Gasteiger partial charge is 0.462 e. The number of anilines is 1. The Kier molecular flexibility index (Phi) is 6.92. The fourth-order valence-electron chi connectivity index (χ4n) is 4.05. The molecule has 1 N–H and O–H groups in total. The number of pyridine rings is 1. The van der Waals surface area contributed by atoms with Crippen LogP contribution in [0.4, 0.5) is 23.7 Å². The van der Waals surface area contributed by atoms with Crippen molar-refractivity contribution >= 4 is 34.5 Å². The van der Waals surface area contributed by atoms with Gasteiger partial charge in [-0.3, -0.25) is 19.3 Å². The van der Waals surface area contributed by atoms with Crippen molar-refractivity contribution in [2.75, 3.05) is 18.1 Å². The third kappa shape index (κ3) is 5.57. The first-order chi connectivity index (χ1) is 17.4. The van der Waals surface area contributed by atoms with Gasteiger partial charge in [-0.05, 0) is 29.7 Å². The van der Waals surface area contributed by atoms with Crippen molar-refractivity contribution < 1.29 is 41.8 Å². The molecular weight excluding hydrogens is 497 g/mol. The maximum absolute atomic E-state index is 13.5. The van der Waals surface area contributed by atoms with E-state index < -0.39 is 47.5 Å². The predicted octanol–water partition coefficient (Wildman–Crippen LogP) is 4.03. The number of nitrogens with one attached hydrogen (secondary N) is 1. The van der Waals surface area contributed by atoms with Gasteiger partial charge in [0.2, 0.25) is 0 Å². The molecule has 2 heterocycles. The monoisotopic (exact) mass is 518 g/mol. The van der Waals surface area contributed by atoms with Crippen LogP contribution in [0.1, 0.15) is 19.4 Å². The quantitative estimate of drug-likeness (QED) is 0.387. The van der Waals surface area contributed by atoms with E-state index in [1.54, 1.807) is 0 Å². The highest BCUT2D eigenvalue weighted by molar-refractivity contribution is 5.95. The molecule has 0 aliphatic carbocycles. The Bertz CT molecular complexity index is 1430. The van der Waals surface area contributed by atoms with Crippen molar-refractivity contribution in [3.63, 3.8) is 0 Å². The number of nitrogens with zero attached hydrogens (tertiary/aromatic N) is 1. The number of esters is 2. The van der Waals surface area contributed by atoms with Gasteiger partial charge in [-0.25, -0.2) is 4.79 Å². The fourth-order valence-corrected chi connectivity index (χ4v) is 4.05. The summed E-state index contributed by atoms with van der Waals surface area (Å²) in [6.07, 6.45) is -7.39. The number of carbonyl (C=O) groups excluding carboxylic acids is 3. The van der Waals surface area contributed by atoms with Crippen LogP contribution in [0.5, 0.6) is 0 Å². The molecule has 2 unspecified atom stereocenters. The molecule has 2 atom stereocenters. The maximum atomic E-state index is 13.5. The van der Waals surface area contributed by atoms with Crippen molar-refractivity contribution in [1.29, 1.82) is 0 Å². The van der Waals surface area contributed by atoms with Crippen molar-refractivity contribution in [1.82, 2.24) is 4.98 Å². The summed E-state index contributed by atoms with van der Waals surface area (Å²) >= 11 is 0. The SMILES string of the molecule is CC(=O)OCC(OC(C)=O)C1CN(c2ccc3cc(-c4ccccc4C(F)(F)F)[nH]c(=O)c3c2)C(=O)O1. The number of cyclic esters (lactones) is 1. The second kappa shape index (κ2) is 9.96. The maximum Gasteiger partial charge on any atom is 0.417 e. The first kappa shape index (κ1) is 25.7. The molecule has 37 heavy (non-hydrogen) atoms. The Morgan fingerprint density at radius 1 is 1.11 bits per heavy atom. The van der Waals surface area contributed by atoms with E-state index in [4.69, 9.17) is 14.2 Å². The Balaban J connectivity index is 1.64. The van der Waals surface area contributed by atoms with Gasteiger partial charge in [0.05, 0.1) is 12.1 Å².